The quantitative estimate of drug-likeness (QED) is 0.533. The Morgan fingerprint density at radius 2 is 2.40 bits per heavy atom. The molecule has 0 aliphatic carbocycles. The van der Waals surface area contributed by atoms with Crippen LogP contribution >= 0.6 is 0 Å². The molecule has 1 N–H and O–H groups in total. The highest BCUT2D eigenvalue weighted by atomic mass is 15.5. The minimum Gasteiger partial charge on any atom is -0.292 e. The zero-order valence-electron chi connectivity index (χ0n) is 6.46. The lowest BCUT2D eigenvalue weighted by molar-refractivity contribution is 0.362. The topological polar surface area (TPSA) is 27.6 Å². The average Bonchev–Trinajstić information content (AvgIpc) is 2.04. The van der Waals surface area contributed by atoms with Gasteiger partial charge in [-0.15, -0.1) is 0 Å². The molecule has 3 nitrogen and oxygen atoms in total. The van der Waals surface area contributed by atoms with Gasteiger partial charge in [0.2, 0.25) is 0 Å². The van der Waals surface area contributed by atoms with Gasteiger partial charge in [-0.1, -0.05) is 12.2 Å². The van der Waals surface area contributed by atoms with E-state index in [-0.39, 0.29) is 0 Å². The molecule has 0 spiro atoms. The number of rotatable bonds is 1. The third-order valence-corrected chi connectivity index (χ3v) is 1.59. The maximum absolute atomic E-state index is 4.13. The third-order valence-electron chi connectivity index (χ3n) is 1.59. The van der Waals surface area contributed by atoms with Crippen LogP contribution in [0.3, 0.4) is 0 Å². The lowest BCUT2D eigenvalue weighted by Gasteiger charge is -2.25. The summed E-state index contributed by atoms with van der Waals surface area (Å²) in [5, 5.41) is 2.03. The average molecular weight is 139 g/mol. The molecule has 0 atom stereocenters. The molecule has 0 radical (unpaired) electrons. The number of amidine groups is 1. The summed E-state index contributed by atoms with van der Waals surface area (Å²) < 4.78 is 0. The van der Waals surface area contributed by atoms with Crippen molar-refractivity contribution in [1.82, 2.24) is 10.4 Å². The Kier molecular flexibility index (Phi) is 2.45. The molecule has 1 aliphatic heterocycles. The first-order valence-electron chi connectivity index (χ1n) is 3.44. The summed E-state index contributed by atoms with van der Waals surface area (Å²) in [6.45, 7) is 0.920. The van der Waals surface area contributed by atoms with E-state index >= 15 is 0 Å². The van der Waals surface area contributed by atoms with Crippen molar-refractivity contribution in [1.29, 1.82) is 0 Å². The zero-order valence-corrected chi connectivity index (χ0v) is 6.46. The number of nitrogens with one attached hydrogen (secondary N) is 1. The first-order valence-corrected chi connectivity index (χ1v) is 3.44. The number of nitrogens with zero attached hydrogens (tertiary/aromatic N) is 2. The smallest absolute Gasteiger partial charge is 0.117 e. The maximum Gasteiger partial charge on any atom is 0.117 e. The molecule has 0 aromatic rings. The predicted molar refractivity (Wildman–Crippen MR) is 42.9 cm³/mol. The Labute approximate surface area is 61.4 Å². The molecule has 0 aromatic carbocycles. The van der Waals surface area contributed by atoms with Gasteiger partial charge >= 0.3 is 0 Å². The van der Waals surface area contributed by atoms with Gasteiger partial charge in [0.1, 0.15) is 5.84 Å². The van der Waals surface area contributed by atoms with Gasteiger partial charge in [-0.25, -0.2) is 5.43 Å². The first-order chi connectivity index (χ1) is 4.88. The molecular weight excluding hydrogens is 126 g/mol. The molecule has 0 aromatic heterocycles. The Bertz CT molecular complexity index is 160. The van der Waals surface area contributed by atoms with E-state index < -0.39 is 0 Å². The third kappa shape index (κ3) is 1.36. The van der Waals surface area contributed by atoms with E-state index in [4.69, 9.17) is 0 Å². The molecule has 56 valence electrons. The van der Waals surface area contributed by atoms with E-state index in [1.54, 1.807) is 0 Å². The fourth-order valence-electron chi connectivity index (χ4n) is 1.02. The molecule has 10 heavy (non-hydrogen) atoms. The molecule has 0 saturated carbocycles. The van der Waals surface area contributed by atoms with E-state index in [2.05, 4.69) is 22.6 Å². The number of hydrazine groups is 1. The lowest BCUT2D eigenvalue weighted by Crippen LogP contribution is -2.41. The highest BCUT2D eigenvalue weighted by Crippen LogP contribution is 2.00. The first kappa shape index (κ1) is 7.28. The van der Waals surface area contributed by atoms with Gasteiger partial charge < -0.3 is 0 Å². The van der Waals surface area contributed by atoms with Gasteiger partial charge in [-0.2, -0.15) is 0 Å². The van der Waals surface area contributed by atoms with Crippen molar-refractivity contribution in [3.8, 4) is 0 Å². The Morgan fingerprint density at radius 3 is 2.90 bits per heavy atom. The largest absolute Gasteiger partial charge is 0.292 e. The highest BCUT2D eigenvalue weighted by molar-refractivity contribution is 5.84. The summed E-state index contributed by atoms with van der Waals surface area (Å²) in [7, 11) is 3.73. The van der Waals surface area contributed by atoms with Crippen molar-refractivity contribution in [2.75, 3.05) is 20.6 Å². The van der Waals surface area contributed by atoms with Crippen LogP contribution in [0, 0.1) is 0 Å². The molecule has 0 bridgehead atoms. The number of hydrogen-bond acceptors (Lipinski definition) is 2. The molecule has 0 amide bonds. The van der Waals surface area contributed by atoms with Crippen LogP contribution in [0.5, 0.6) is 0 Å². The fourth-order valence-corrected chi connectivity index (χ4v) is 1.02. The van der Waals surface area contributed by atoms with Crippen LogP contribution in [0.15, 0.2) is 17.1 Å². The van der Waals surface area contributed by atoms with Crippen LogP contribution in [0.1, 0.15) is 6.42 Å². The van der Waals surface area contributed by atoms with Crippen molar-refractivity contribution in [3.05, 3.63) is 12.2 Å². The van der Waals surface area contributed by atoms with Crippen molar-refractivity contribution < 1.29 is 0 Å². The van der Waals surface area contributed by atoms with Gasteiger partial charge in [-0.3, -0.25) is 10.0 Å². The van der Waals surface area contributed by atoms with Crippen LogP contribution in [0.2, 0.25) is 0 Å². The molecule has 0 fully saturated rings. The molecule has 1 aliphatic rings. The van der Waals surface area contributed by atoms with E-state index in [0.717, 1.165) is 18.8 Å². The highest BCUT2D eigenvalue weighted by Gasteiger charge is 2.08. The minimum absolute atomic E-state index is 0.920. The Hall–Kier alpha value is -0.830. The Balaban J connectivity index is 2.63. The van der Waals surface area contributed by atoms with Crippen LogP contribution in [-0.4, -0.2) is 31.5 Å². The van der Waals surface area contributed by atoms with Gasteiger partial charge in [0.05, 0.1) is 6.54 Å². The summed E-state index contributed by atoms with van der Waals surface area (Å²) in [5.74, 6) is 1.10. The molecular formula is C7H13N3. The normalized spacial score (nSPS) is 22.2. The summed E-state index contributed by atoms with van der Waals surface area (Å²) in [6, 6.07) is 0. The van der Waals surface area contributed by atoms with Crippen molar-refractivity contribution in [3.63, 3.8) is 0 Å². The second kappa shape index (κ2) is 3.37. The summed E-state index contributed by atoms with van der Waals surface area (Å²) in [6.07, 6.45) is 5.21. The molecule has 1 heterocycles. The standard InChI is InChI=1S/C7H13N3/c1-8-7-5-3-4-6-10(7)9-2/h3-4,9H,5-6H2,1-2H3. The van der Waals surface area contributed by atoms with Gasteiger partial charge in [-0.05, 0) is 0 Å². The van der Waals surface area contributed by atoms with Gasteiger partial charge in [0, 0.05) is 20.5 Å². The van der Waals surface area contributed by atoms with Crippen LogP contribution < -0.4 is 5.43 Å². The van der Waals surface area contributed by atoms with Gasteiger partial charge in [0.15, 0.2) is 0 Å². The van der Waals surface area contributed by atoms with Crippen LogP contribution in [0.25, 0.3) is 0 Å². The minimum atomic E-state index is 0.920. The lowest BCUT2D eigenvalue weighted by atomic mass is 10.2. The van der Waals surface area contributed by atoms with E-state index in [1.165, 1.54) is 0 Å². The van der Waals surface area contributed by atoms with Crippen LogP contribution in [-0.2, 0) is 0 Å². The Morgan fingerprint density at radius 1 is 1.60 bits per heavy atom. The second-order valence-corrected chi connectivity index (χ2v) is 2.15. The maximum atomic E-state index is 4.13. The molecule has 1 rings (SSSR count). The van der Waals surface area contributed by atoms with Crippen molar-refractivity contribution >= 4 is 5.84 Å². The SMILES string of the molecule is CN=C1CC=CCN1NC. The zero-order chi connectivity index (χ0) is 7.40. The molecule has 3 heteroatoms. The fraction of sp³-hybridized carbons (Fsp3) is 0.571. The van der Waals surface area contributed by atoms with Crippen molar-refractivity contribution in [2.45, 2.75) is 6.42 Å². The molecule has 0 saturated heterocycles. The van der Waals surface area contributed by atoms with Gasteiger partial charge in [0.25, 0.3) is 0 Å². The van der Waals surface area contributed by atoms with E-state index in [0.29, 0.717) is 0 Å². The summed E-state index contributed by atoms with van der Waals surface area (Å²) in [4.78, 5) is 4.13. The predicted octanol–water partition coefficient (Wildman–Crippen LogP) is 0.411. The summed E-state index contributed by atoms with van der Waals surface area (Å²) in [5.41, 5.74) is 3.06. The van der Waals surface area contributed by atoms with E-state index in [1.807, 2.05) is 19.1 Å². The van der Waals surface area contributed by atoms with E-state index in [9.17, 15) is 0 Å². The molecule has 0 unspecified atom stereocenters. The number of aliphatic imine (C=N–C) groups is 1. The van der Waals surface area contributed by atoms with Crippen molar-refractivity contribution in [2.24, 2.45) is 4.99 Å². The second-order valence-electron chi connectivity index (χ2n) is 2.15. The summed E-state index contributed by atoms with van der Waals surface area (Å²) >= 11 is 0. The van der Waals surface area contributed by atoms with Crippen LogP contribution in [0.4, 0.5) is 0 Å². The monoisotopic (exact) mass is 139 g/mol. The number of hydrogen-bond donors (Lipinski definition) is 1.